The summed E-state index contributed by atoms with van der Waals surface area (Å²) in [4.78, 5) is 10.8. The number of hydrogen-bond donors (Lipinski definition) is 0. The average molecular weight is 138 g/mol. The molecule has 0 saturated heterocycles. The molecule has 0 unspecified atom stereocenters. The highest BCUT2D eigenvalue weighted by molar-refractivity contribution is 5.64. The van der Waals surface area contributed by atoms with Crippen LogP contribution < -0.4 is 0 Å². The van der Waals surface area contributed by atoms with Gasteiger partial charge >= 0.3 is 0 Å². The van der Waals surface area contributed by atoms with Gasteiger partial charge in [-0.05, 0) is 30.6 Å². The minimum absolute atomic E-state index is 0.0949. The van der Waals surface area contributed by atoms with Crippen molar-refractivity contribution in [3.8, 4) is 0 Å². The van der Waals surface area contributed by atoms with Crippen molar-refractivity contribution in [1.82, 2.24) is 0 Å². The van der Waals surface area contributed by atoms with Gasteiger partial charge < -0.3 is 4.79 Å². The number of aldehydes is 1. The lowest BCUT2D eigenvalue weighted by molar-refractivity contribution is -0.134. The van der Waals surface area contributed by atoms with Crippen molar-refractivity contribution in [3.63, 3.8) is 0 Å². The van der Waals surface area contributed by atoms with Crippen LogP contribution in [-0.2, 0) is 4.79 Å². The lowest BCUT2D eigenvalue weighted by Gasteiger charge is -2.51. The third-order valence-electron chi connectivity index (χ3n) is 4.08. The largest absolute Gasteiger partial charge is 0.303 e. The first-order valence-electron chi connectivity index (χ1n) is 4.09. The predicted octanol–water partition coefficient (Wildman–Crippen LogP) is 2.01. The molecule has 1 nitrogen and oxygen atoms in total. The fourth-order valence-corrected chi connectivity index (χ4v) is 2.81. The van der Waals surface area contributed by atoms with Crippen molar-refractivity contribution < 1.29 is 4.79 Å². The molecule has 0 aromatic heterocycles. The third kappa shape index (κ3) is 0.415. The van der Waals surface area contributed by atoms with Gasteiger partial charge in [0.1, 0.15) is 6.29 Å². The molecule has 0 heterocycles. The van der Waals surface area contributed by atoms with E-state index >= 15 is 0 Å². The summed E-state index contributed by atoms with van der Waals surface area (Å²) in [7, 11) is 0. The van der Waals surface area contributed by atoms with Crippen molar-refractivity contribution in [2.24, 2.45) is 16.7 Å². The van der Waals surface area contributed by atoms with Crippen LogP contribution in [0.15, 0.2) is 0 Å². The molecule has 3 saturated carbocycles. The number of carbonyl (C=O) groups is 1. The molecule has 0 aromatic carbocycles. The minimum Gasteiger partial charge on any atom is -0.303 e. The van der Waals surface area contributed by atoms with Crippen LogP contribution in [0.3, 0.4) is 0 Å². The molecule has 0 spiro atoms. The maximum atomic E-state index is 10.8. The van der Waals surface area contributed by atoms with Crippen LogP contribution in [0.1, 0.15) is 33.1 Å². The first-order chi connectivity index (χ1) is 4.62. The van der Waals surface area contributed by atoms with Crippen molar-refractivity contribution in [1.29, 1.82) is 0 Å². The van der Waals surface area contributed by atoms with E-state index in [0.717, 1.165) is 12.3 Å². The Balaban J connectivity index is 2.35. The number of hydrogen-bond acceptors (Lipinski definition) is 1. The quantitative estimate of drug-likeness (QED) is 0.506. The smallest absolute Gasteiger partial charge is 0.126 e. The maximum Gasteiger partial charge on any atom is 0.126 e. The zero-order valence-electron chi connectivity index (χ0n) is 6.68. The molecule has 0 radical (unpaired) electrons. The predicted molar refractivity (Wildman–Crippen MR) is 39.6 cm³/mol. The van der Waals surface area contributed by atoms with Gasteiger partial charge in [-0.3, -0.25) is 0 Å². The van der Waals surface area contributed by atoms with Gasteiger partial charge in [0.05, 0.1) is 0 Å². The summed E-state index contributed by atoms with van der Waals surface area (Å²) in [6, 6.07) is 0. The molecular weight excluding hydrogens is 124 g/mol. The molecule has 10 heavy (non-hydrogen) atoms. The molecule has 3 aliphatic rings. The van der Waals surface area contributed by atoms with Crippen molar-refractivity contribution in [2.75, 3.05) is 0 Å². The first kappa shape index (κ1) is 6.38. The summed E-state index contributed by atoms with van der Waals surface area (Å²) in [5.74, 6) is 0.845. The monoisotopic (exact) mass is 138 g/mol. The van der Waals surface area contributed by atoms with Gasteiger partial charge in [0, 0.05) is 5.41 Å². The van der Waals surface area contributed by atoms with E-state index in [4.69, 9.17) is 0 Å². The highest BCUT2D eigenvalue weighted by Crippen LogP contribution is 2.69. The van der Waals surface area contributed by atoms with E-state index in [0.29, 0.717) is 5.41 Å². The summed E-state index contributed by atoms with van der Waals surface area (Å²) >= 11 is 0. The zero-order valence-corrected chi connectivity index (χ0v) is 6.68. The lowest BCUT2D eigenvalue weighted by Crippen LogP contribution is -2.48. The lowest BCUT2D eigenvalue weighted by atomic mass is 9.51. The normalized spacial score (nSPS) is 48.4. The minimum atomic E-state index is 0.0949. The highest BCUT2D eigenvalue weighted by atomic mass is 16.1. The SMILES string of the molecule is CC1(C)[C@H]2CC[C@@]1(C=O)C2. The topological polar surface area (TPSA) is 17.1 Å². The van der Waals surface area contributed by atoms with E-state index in [1.807, 2.05) is 0 Å². The molecule has 0 aliphatic heterocycles. The van der Waals surface area contributed by atoms with E-state index in [9.17, 15) is 4.79 Å². The van der Waals surface area contributed by atoms with Gasteiger partial charge in [0.2, 0.25) is 0 Å². The molecule has 2 atom stereocenters. The summed E-state index contributed by atoms with van der Waals surface area (Å²) in [5, 5.41) is 0. The molecule has 3 fully saturated rings. The molecule has 3 rings (SSSR count). The van der Waals surface area contributed by atoms with Crippen molar-refractivity contribution >= 4 is 6.29 Å². The Morgan fingerprint density at radius 2 is 2.20 bits per heavy atom. The van der Waals surface area contributed by atoms with Crippen LogP contribution in [0.5, 0.6) is 0 Å². The van der Waals surface area contributed by atoms with Gasteiger partial charge in [-0.15, -0.1) is 0 Å². The second kappa shape index (κ2) is 1.46. The Morgan fingerprint density at radius 1 is 1.50 bits per heavy atom. The summed E-state index contributed by atoms with van der Waals surface area (Å²) in [6.07, 6.45) is 4.81. The van der Waals surface area contributed by atoms with E-state index in [1.165, 1.54) is 19.1 Å². The van der Waals surface area contributed by atoms with E-state index < -0.39 is 0 Å². The molecule has 2 bridgehead atoms. The van der Waals surface area contributed by atoms with Crippen LogP contribution >= 0.6 is 0 Å². The van der Waals surface area contributed by atoms with Crippen LogP contribution in [0, 0.1) is 16.7 Å². The molecular formula is C9H14O. The van der Waals surface area contributed by atoms with Crippen LogP contribution in [0.25, 0.3) is 0 Å². The van der Waals surface area contributed by atoms with Crippen molar-refractivity contribution in [3.05, 3.63) is 0 Å². The molecule has 0 aromatic rings. The first-order valence-corrected chi connectivity index (χ1v) is 4.09. The molecule has 1 heteroatoms. The Labute approximate surface area is 61.8 Å². The summed E-state index contributed by atoms with van der Waals surface area (Å²) < 4.78 is 0. The van der Waals surface area contributed by atoms with Crippen LogP contribution in [0.2, 0.25) is 0 Å². The van der Waals surface area contributed by atoms with E-state index in [2.05, 4.69) is 13.8 Å². The number of carbonyl (C=O) groups excluding carboxylic acids is 1. The second-order valence-corrected chi connectivity index (χ2v) is 4.44. The number of rotatable bonds is 1. The summed E-state index contributed by atoms with van der Waals surface area (Å²) in [5.41, 5.74) is 0.423. The molecule has 56 valence electrons. The zero-order chi connectivity index (χ0) is 7.41. The standard InChI is InChI=1S/C9H14O/c1-8(2)7-3-4-9(8,5-7)6-10/h6-7H,3-5H2,1-2H3/t7-,9-/m0/s1. The van der Waals surface area contributed by atoms with Gasteiger partial charge in [-0.1, -0.05) is 13.8 Å². The summed E-state index contributed by atoms with van der Waals surface area (Å²) in [6.45, 7) is 4.48. The highest BCUT2D eigenvalue weighted by Gasteiger charge is 2.64. The number of fused-ring (bicyclic) bond motifs is 1. The van der Waals surface area contributed by atoms with Crippen LogP contribution in [0.4, 0.5) is 0 Å². The van der Waals surface area contributed by atoms with Crippen LogP contribution in [-0.4, -0.2) is 6.29 Å². The Kier molecular flexibility index (Phi) is 0.934. The average Bonchev–Trinajstić information content (AvgIpc) is 2.41. The van der Waals surface area contributed by atoms with Gasteiger partial charge in [-0.2, -0.15) is 0 Å². The maximum absolute atomic E-state index is 10.8. The third-order valence-corrected chi connectivity index (χ3v) is 4.08. The molecule has 0 amide bonds. The second-order valence-electron chi connectivity index (χ2n) is 4.44. The van der Waals surface area contributed by atoms with E-state index in [-0.39, 0.29) is 5.41 Å². The molecule has 3 aliphatic carbocycles. The van der Waals surface area contributed by atoms with E-state index in [1.54, 1.807) is 0 Å². The van der Waals surface area contributed by atoms with Gasteiger partial charge in [-0.25, -0.2) is 0 Å². The van der Waals surface area contributed by atoms with Crippen molar-refractivity contribution in [2.45, 2.75) is 33.1 Å². The Morgan fingerprint density at radius 3 is 2.40 bits per heavy atom. The van der Waals surface area contributed by atoms with Gasteiger partial charge in [0.25, 0.3) is 0 Å². The fourth-order valence-electron chi connectivity index (χ4n) is 2.81. The fraction of sp³-hybridized carbons (Fsp3) is 0.889. The van der Waals surface area contributed by atoms with Gasteiger partial charge in [0.15, 0.2) is 0 Å². The Hall–Kier alpha value is -0.330. The Bertz CT molecular complexity index is 179. The molecule has 0 N–H and O–H groups in total.